The maximum absolute atomic E-state index is 10.8. The molecule has 0 saturated heterocycles. The van der Waals surface area contributed by atoms with Crippen molar-refractivity contribution in [1.82, 2.24) is 0 Å². The van der Waals surface area contributed by atoms with Crippen LogP contribution in [-0.4, -0.2) is 17.9 Å². The van der Waals surface area contributed by atoms with Crippen molar-refractivity contribution < 1.29 is 14.3 Å². The SMILES string of the molecule is CC(=O)CC(=O)OC(C)CC#N. The Hall–Kier alpha value is -1.37. The Morgan fingerprint density at radius 1 is 1.58 bits per heavy atom. The summed E-state index contributed by atoms with van der Waals surface area (Å²) in [5.41, 5.74) is 0. The van der Waals surface area contributed by atoms with Crippen LogP contribution in [0.15, 0.2) is 0 Å². The van der Waals surface area contributed by atoms with Crippen LogP contribution in [0.5, 0.6) is 0 Å². The van der Waals surface area contributed by atoms with E-state index in [-0.39, 0.29) is 18.6 Å². The number of hydrogen-bond donors (Lipinski definition) is 0. The van der Waals surface area contributed by atoms with E-state index in [1.165, 1.54) is 6.92 Å². The monoisotopic (exact) mass is 169 g/mol. The number of Topliss-reactive ketones (excluding diaryl/α,β-unsaturated/α-hetero) is 1. The molecule has 1 unspecified atom stereocenters. The molecule has 0 rings (SSSR count). The third-order valence-electron chi connectivity index (χ3n) is 1.10. The fraction of sp³-hybridized carbons (Fsp3) is 0.625. The summed E-state index contributed by atoms with van der Waals surface area (Å²) in [6.07, 6.45) is -0.485. The Labute approximate surface area is 71.1 Å². The molecule has 1 atom stereocenters. The summed E-state index contributed by atoms with van der Waals surface area (Å²) in [6.45, 7) is 2.93. The van der Waals surface area contributed by atoms with Crippen molar-refractivity contribution in [2.24, 2.45) is 0 Å². The maximum atomic E-state index is 10.8. The highest BCUT2D eigenvalue weighted by Gasteiger charge is 2.10. The van der Waals surface area contributed by atoms with Crippen LogP contribution in [0.4, 0.5) is 0 Å². The van der Waals surface area contributed by atoms with E-state index in [0.29, 0.717) is 0 Å². The average molecular weight is 169 g/mol. The molecule has 4 nitrogen and oxygen atoms in total. The first-order chi connectivity index (χ1) is 5.56. The maximum Gasteiger partial charge on any atom is 0.313 e. The molecular weight excluding hydrogens is 158 g/mol. The number of ketones is 1. The van der Waals surface area contributed by atoms with Gasteiger partial charge in [-0.3, -0.25) is 9.59 Å². The fourth-order valence-corrected chi connectivity index (χ4v) is 0.640. The van der Waals surface area contributed by atoms with Gasteiger partial charge in [-0.25, -0.2) is 0 Å². The minimum atomic E-state index is -0.565. The molecule has 0 spiro atoms. The lowest BCUT2D eigenvalue weighted by Gasteiger charge is -2.07. The first kappa shape index (κ1) is 10.6. The molecule has 0 N–H and O–H groups in total. The summed E-state index contributed by atoms with van der Waals surface area (Å²) < 4.78 is 4.72. The highest BCUT2D eigenvalue weighted by Crippen LogP contribution is 1.98. The van der Waals surface area contributed by atoms with Gasteiger partial charge >= 0.3 is 5.97 Å². The second kappa shape index (κ2) is 5.30. The average Bonchev–Trinajstić information content (AvgIpc) is 1.84. The van der Waals surface area contributed by atoms with Crippen molar-refractivity contribution in [3.8, 4) is 6.07 Å². The third-order valence-corrected chi connectivity index (χ3v) is 1.10. The van der Waals surface area contributed by atoms with Crippen molar-refractivity contribution >= 4 is 11.8 Å². The molecule has 0 saturated carbocycles. The van der Waals surface area contributed by atoms with Gasteiger partial charge in [0.2, 0.25) is 0 Å². The van der Waals surface area contributed by atoms with Crippen LogP contribution in [0, 0.1) is 11.3 Å². The number of hydrogen-bond acceptors (Lipinski definition) is 4. The van der Waals surface area contributed by atoms with E-state index in [2.05, 4.69) is 0 Å². The molecule has 0 amide bonds. The molecule has 0 aromatic carbocycles. The van der Waals surface area contributed by atoms with Crippen LogP contribution in [0.1, 0.15) is 26.7 Å². The van der Waals surface area contributed by atoms with Crippen LogP contribution in [0.25, 0.3) is 0 Å². The lowest BCUT2D eigenvalue weighted by Crippen LogP contribution is -2.16. The van der Waals surface area contributed by atoms with E-state index in [9.17, 15) is 9.59 Å². The Morgan fingerprint density at radius 3 is 2.58 bits per heavy atom. The van der Waals surface area contributed by atoms with Gasteiger partial charge in [0.05, 0.1) is 12.5 Å². The van der Waals surface area contributed by atoms with Crippen molar-refractivity contribution in [1.29, 1.82) is 5.26 Å². The highest BCUT2D eigenvalue weighted by molar-refractivity contribution is 5.94. The lowest BCUT2D eigenvalue weighted by atomic mass is 10.3. The standard InChI is InChI=1S/C8H11NO3/c1-6(10)5-8(11)12-7(2)3-4-9/h7H,3,5H2,1-2H3. The predicted molar refractivity (Wildman–Crippen MR) is 41.1 cm³/mol. The van der Waals surface area contributed by atoms with Gasteiger partial charge in [-0.1, -0.05) is 0 Å². The van der Waals surface area contributed by atoms with Crippen LogP contribution in [0.2, 0.25) is 0 Å². The van der Waals surface area contributed by atoms with Crippen molar-refractivity contribution in [3.63, 3.8) is 0 Å². The second-order valence-electron chi connectivity index (χ2n) is 2.54. The van der Waals surface area contributed by atoms with Gasteiger partial charge in [-0.2, -0.15) is 5.26 Å². The minimum Gasteiger partial charge on any atom is -0.461 e. The molecule has 0 aromatic rings. The minimum absolute atomic E-state index is 0.156. The van der Waals surface area contributed by atoms with Gasteiger partial charge in [0.1, 0.15) is 18.3 Å². The van der Waals surface area contributed by atoms with Gasteiger partial charge in [0.25, 0.3) is 0 Å². The molecule has 0 fully saturated rings. The van der Waals surface area contributed by atoms with E-state index in [4.69, 9.17) is 10.00 Å². The molecule has 66 valence electrons. The van der Waals surface area contributed by atoms with E-state index in [1.807, 2.05) is 6.07 Å². The number of ether oxygens (including phenoxy) is 1. The Bertz CT molecular complexity index is 217. The molecule has 0 radical (unpaired) electrons. The quantitative estimate of drug-likeness (QED) is 0.461. The van der Waals surface area contributed by atoms with Crippen molar-refractivity contribution in [2.75, 3.05) is 0 Å². The van der Waals surface area contributed by atoms with E-state index in [1.54, 1.807) is 6.92 Å². The summed E-state index contributed by atoms with van der Waals surface area (Å²) in [4.78, 5) is 21.2. The normalized spacial score (nSPS) is 11.4. The van der Waals surface area contributed by atoms with Gasteiger partial charge in [-0.05, 0) is 13.8 Å². The third kappa shape index (κ3) is 5.42. The second-order valence-corrected chi connectivity index (χ2v) is 2.54. The number of nitrogens with zero attached hydrogens (tertiary/aromatic N) is 1. The number of nitriles is 1. The molecule has 0 aliphatic heterocycles. The highest BCUT2D eigenvalue weighted by atomic mass is 16.5. The number of esters is 1. The molecule has 0 aliphatic carbocycles. The van der Waals surface area contributed by atoms with E-state index >= 15 is 0 Å². The molecule has 4 heteroatoms. The van der Waals surface area contributed by atoms with Crippen LogP contribution in [0.3, 0.4) is 0 Å². The first-order valence-corrected chi connectivity index (χ1v) is 3.62. The summed E-state index contributed by atoms with van der Waals surface area (Å²) in [7, 11) is 0. The number of rotatable bonds is 4. The van der Waals surface area contributed by atoms with Crippen molar-refractivity contribution in [3.05, 3.63) is 0 Å². The molecule has 0 aromatic heterocycles. The molecule has 0 bridgehead atoms. The molecular formula is C8H11NO3. The fourth-order valence-electron chi connectivity index (χ4n) is 0.640. The summed E-state index contributed by atoms with van der Waals surface area (Å²) >= 11 is 0. The zero-order valence-electron chi connectivity index (χ0n) is 7.16. The molecule has 12 heavy (non-hydrogen) atoms. The summed E-state index contributed by atoms with van der Waals surface area (Å²) in [6, 6.07) is 1.86. The zero-order chi connectivity index (χ0) is 9.56. The van der Waals surface area contributed by atoms with E-state index in [0.717, 1.165) is 0 Å². The predicted octanol–water partition coefficient (Wildman–Crippen LogP) is 0.811. The lowest BCUT2D eigenvalue weighted by molar-refractivity contribution is -0.149. The van der Waals surface area contributed by atoms with Crippen LogP contribution >= 0.6 is 0 Å². The van der Waals surface area contributed by atoms with Gasteiger partial charge in [0.15, 0.2) is 0 Å². The topological polar surface area (TPSA) is 67.2 Å². The smallest absolute Gasteiger partial charge is 0.313 e. The number of carbonyl (C=O) groups excluding carboxylic acids is 2. The van der Waals surface area contributed by atoms with Crippen LogP contribution < -0.4 is 0 Å². The Kier molecular flexibility index (Phi) is 4.70. The van der Waals surface area contributed by atoms with Crippen LogP contribution in [-0.2, 0) is 14.3 Å². The molecule has 0 heterocycles. The van der Waals surface area contributed by atoms with Gasteiger partial charge in [0, 0.05) is 0 Å². The Balaban J connectivity index is 3.70. The Morgan fingerprint density at radius 2 is 2.17 bits per heavy atom. The first-order valence-electron chi connectivity index (χ1n) is 3.62. The molecule has 0 aliphatic rings. The zero-order valence-corrected chi connectivity index (χ0v) is 7.16. The van der Waals surface area contributed by atoms with Gasteiger partial charge in [-0.15, -0.1) is 0 Å². The number of carbonyl (C=O) groups is 2. The van der Waals surface area contributed by atoms with E-state index < -0.39 is 12.1 Å². The van der Waals surface area contributed by atoms with Crippen molar-refractivity contribution in [2.45, 2.75) is 32.8 Å². The largest absolute Gasteiger partial charge is 0.461 e. The summed E-state index contributed by atoms with van der Waals surface area (Å²) in [5.74, 6) is -0.797. The summed E-state index contributed by atoms with van der Waals surface area (Å²) in [5, 5.41) is 8.22. The van der Waals surface area contributed by atoms with Gasteiger partial charge < -0.3 is 4.74 Å².